The third-order valence-electron chi connectivity index (χ3n) is 3.58. The Morgan fingerprint density at radius 2 is 2.09 bits per heavy atom. The molecule has 0 radical (unpaired) electrons. The molecule has 2 N–H and O–H groups in total. The summed E-state index contributed by atoms with van der Waals surface area (Å²) in [4.78, 5) is 25.0. The summed E-state index contributed by atoms with van der Waals surface area (Å²) in [5.74, 6) is -0.310. The van der Waals surface area contributed by atoms with E-state index in [1.807, 2.05) is 24.3 Å². The number of nitrogens with zero attached hydrogens (tertiary/aromatic N) is 1. The van der Waals surface area contributed by atoms with Crippen molar-refractivity contribution in [3.63, 3.8) is 0 Å². The van der Waals surface area contributed by atoms with Gasteiger partial charge in [-0.25, -0.2) is 0 Å². The van der Waals surface area contributed by atoms with Crippen molar-refractivity contribution < 1.29 is 9.59 Å². The van der Waals surface area contributed by atoms with Crippen molar-refractivity contribution in [3.05, 3.63) is 41.9 Å². The standard InChI is InChI=1S/C16H20ClN3O2/c1-2-15(21)18-9-7-16(22)19-13-8-10-20(11-13)14-5-3-12(17)4-6-14/h2-6,13H,1,7-11H2,(H,18,21)(H,19,22). The molecular formula is C16H20ClN3O2. The second-order valence-electron chi connectivity index (χ2n) is 5.22. The summed E-state index contributed by atoms with van der Waals surface area (Å²) in [7, 11) is 0. The normalized spacial score (nSPS) is 17.1. The molecule has 1 atom stereocenters. The number of benzene rings is 1. The van der Waals surface area contributed by atoms with Gasteiger partial charge in [0.05, 0.1) is 0 Å². The molecule has 1 aliphatic rings. The van der Waals surface area contributed by atoms with E-state index in [1.165, 1.54) is 6.08 Å². The van der Waals surface area contributed by atoms with E-state index in [1.54, 1.807) is 0 Å². The van der Waals surface area contributed by atoms with E-state index in [2.05, 4.69) is 22.1 Å². The van der Waals surface area contributed by atoms with E-state index in [-0.39, 0.29) is 24.3 Å². The molecule has 0 aliphatic carbocycles. The van der Waals surface area contributed by atoms with Crippen molar-refractivity contribution in [3.8, 4) is 0 Å². The zero-order chi connectivity index (χ0) is 15.9. The van der Waals surface area contributed by atoms with Gasteiger partial charge in [-0.1, -0.05) is 18.2 Å². The number of hydrogen-bond donors (Lipinski definition) is 2. The predicted molar refractivity (Wildman–Crippen MR) is 88.0 cm³/mol. The summed E-state index contributed by atoms with van der Waals surface area (Å²) >= 11 is 5.89. The maximum absolute atomic E-state index is 11.8. The molecule has 0 aromatic heterocycles. The molecule has 5 nitrogen and oxygen atoms in total. The zero-order valence-corrected chi connectivity index (χ0v) is 13.1. The minimum atomic E-state index is -0.262. The van der Waals surface area contributed by atoms with Crippen molar-refractivity contribution in [1.82, 2.24) is 10.6 Å². The van der Waals surface area contributed by atoms with Gasteiger partial charge in [0.25, 0.3) is 0 Å². The monoisotopic (exact) mass is 321 g/mol. The number of nitrogens with one attached hydrogen (secondary N) is 2. The highest BCUT2D eigenvalue weighted by molar-refractivity contribution is 6.30. The first-order valence-electron chi connectivity index (χ1n) is 7.28. The molecule has 2 amide bonds. The van der Waals surface area contributed by atoms with Crippen LogP contribution in [0.5, 0.6) is 0 Å². The fourth-order valence-corrected chi connectivity index (χ4v) is 2.56. The number of halogens is 1. The largest absolute Gasteiger partial charge is 0.369 e. The Morgan fingerprint density at radius 1 is 1.36 bits per heavy atom. The highest BCUT2D eigenvalue weighted by Crippen LogP contribution is 2.22. The van der Waals surface area contributed by atoms with Gasteiger partial charge < -0.3 is 15.5 Å². The van der Waals surface area contributed by atoms with Crippen molar-refractivity contribution in [2.75, 3.05) is 24.5 Å². The third-order valence-corrected chi connectivity index (χ3v) is 3.83. The van der Waals surface area contributed by atoms with Gasteiger partial charge in [-0.05, 0) is 36.8 Å². The lowest BCUT2D eigenvalue weighted by molar-refractivity contribution is -0.121. The predicted octanol–water partition coefficient (Wildman–Crippen LogP) is 1.73. The lowest BCUT2D eigenvalue weighted by Crippen LogP contribution is -2.38. The molecule has 1 fully saturated rings. The van der Waals surface area contributed by atoms with Crippen LogP contribution in [0.1, 0.15) is 12.8 Å². The first-order valence-corrected chi connectivity index (χ1v) is 7.66. The Bertz CT molecular complexity index is 545. The van der Waals surface area contributed by atoms with Gasteiger partial charge in [-0.2, -0.15) is 0 Å². The second kappa shape index (κ2) is 7.84. The van der Waals surface area contributed by atoms with Crippen LogP contribution in [0.4, 0.5) is 5.69 Å². The Labute approximate surface area is 135 Å². The van der Waals surface area contributed by atoms with Crippen LogP contribution in [-0.4, -0.2) is 37.5 Å². The van der Waals surface area contributed by atoms with Gasteiger partial charge in [-0.3, -0.25) is 9.59 Å². The molecule has 0 bridgehead atoms. The highest BCUT2D eigenvalue weighted by Gasteiger charge is 2.23. The maximum atomic E-state index is 11.8. The van der Waals surface area contributed by atoms with Crippen LogP contribution in [0.3, 0.4) is 0 Å². The van der Waals surface area contributed by atoms with E-state index in [9.17, 15) is 9.59 Å². The molecule has 6 heteroatoms. The number of amides is 2. The molecule has 1 aromatic rings. The van der Waals surface area contributed by atoms with Gasteiger partial charge in [0, 0.05) is 42.8 Å². The van der Waals surface area contributed by atoms with E-state index in [0.29, 0.717) is 6.54 Å². The van der Waals surface area contributed by atoms with E-state index >= 15 is 0 Å². The maximum Gasteiger partial charge on any atom is 0.243 e. The molecule has 1 aromatic carbocycles. The van der Waals surface area contributed by atoms with Gasteiger partial charge in [0.15, 0.2) is 0 Å². The summed E-state index contributed by atoms with van der Waals surface area (Å²) in [6.45, 7) is 5.37. The number of hydrogen-bond acceptors (Lipinski definition) is 3. The average Bonchev–Trinajstić information content (AvgIpc) is 2.96. The first-order chi connectivity index (χ1) is 10.6. The Hall–Kier alpha value is -2.01. The molecule has 1 heterocycles. The molecular weight excluding hydrogens is 302 g/mol. The van der Waals surface area contributed by atoms with Gasteiger partial charge in [0.2, 0.25) is 11.8 Å². The highest BCUT2D eigenvalue weighted by atomic mass is 35.5. The Balaban J connectivity index is 1.74. The fourth-order valence-electron chi connectivity index (χ4n) is 2.44. The van der Waals surface area contributed by atoms with Gasteiger partial charge in [0.1, 0.15) is 0 Å². The molecule has 22 heavy (non-hydrogen) atoms. The molecule has 1 aliphatic heterocycles. The lowest BCUT2D eigenvalue weighted by Gasteiger charge is -2.19. The topological polar surface area (TPSA) is 61.4 Å². The van der Waals surface area contributed by atoms with Crippen LogP contribution in [0.15, 0.2) is 36.9 Å². The summed E-state index contributed by atoms with van der Waals surface area (Å²) < 4.78 is 0. The minimum Gasteiger partial charge on any atom is -0.369 e. The number of anilines is 1. The molecule has 1 unspecified atom stereocenters. The van der Waals surface area contributed by atoms with Crippen LogP contribution < -0.4 is 15.5 Å². The molecule has 118 valence electrons. The van der Waals surface area contributed by atoms with Crippen molar-refractivity contribution in [2.45, 2.75) is 18.9 Å². The van der Waals surface area contributed by atoms with E-state index in [4.69, 9.17) is 11.6 Å². The summed E-state index contributed by atoms with van der Waals surface area (Å²) in [6.07, 6.45) is 2.38. The van der Waals surface area contributed by atoms with Crippen LogP contribution in [-0.2, 0) is 9.59 Å². The minimum absolute atomic E-state index is 0.0488. The van der Waals surface area contributed by atoms with Crippen molar-refractivity contribution in [2.24, 2.45) is 0 Å². The first kappa shape index (κ1) is 16.4. The second-order valence-corrected chi connectivity index (χ2v) is 5.66. The van der Waals surface area contributed by atoms with Crippen molar-refractivity contribution in [1.29, 1.82) is 0 Å². The molecule has 2 rings (SSSR count). The Kier molecular flexibility index (Phi) is 5.83. The molecule has 0 saturated carbocycles. The summed E-state index contributed by atoms with van der Waals surface area (Å²) in [6, 6.07) is 7.84. The lowest BCUT2D eigenvalue weighted by atomic mass is 10.2. The van der Waals surface area contributed by atoms with Crippen LogP contribution >= 0.6 is 11.6 Å². The van der Waals surface area contributed by atoms with Gasteiger partial charge in [-0.15, -0.1) is 0 Å². The number of carbonyl (C=O) groups excluding carboxylic acids is 2. The van der Waals surface area contributed by atoms with Gasteiger partial charge >= 0.3 is 0 Å². The van der Waals surface area contributed by atoms with Crippen LogP contribution in [0.2, 0.25) is 5.02 Å². The Morgan fingerprint density at radius 3 is 2.77 bits per heavy atom. The average molecular weight is 322 g/mol. The van der Waals surface area contributed by atoms with E-state index < -0.39 is 0 Å². The SMILES string of the molecule is C=CC(=O)NCCC(=O)NC1CCN(c2ccc(Cl)cc2)C1. The zero-order valence-electron chi connectivity index (χ0n) is 12.3. The summed E-state index contributed by atoms with van der Waals surface area (Å²) in [5, 5.41) is 6.30. The third kappa shape index (κ3) is 4.77. The van der Waals surface area contributed by atoms with Crippen LogP contribution in [0, 0.1) is 0 Å². The quantitative estimate of drug-likeness (QED) is 0.784. The number of rotatable bonds is 6. The van der Waals surface area contributed by atoms with Crippen molar-refractivity contribution >= 4 is 29.1 Å². The van der Waals surface area contributed by atoms with Crippen LogP contribution in [0.25, 0.3) is 0 Å². The fraction of sp³-hybridized carbons (Fsp3) is 0.375. The number of carbonyl (C=O) groups is 2. The molecule has 1 saturated heterocycles. The van der Waals surface area contributed by atoms with E-state index in [0.717, 1.165) is 30.2 Å². The smallest absolute Gasteiger partial charge is 0.243 e. The molecule has 0 spiro atoms. The summed E-state index contributed by atoms with van der Waals surface area (Å²) in [5.41, 5.74) is 1.11.